The zero-order chi connectivity index (χ0) is 65.8. The molecule has 0 aromatic rings. The van der Waals surface area contributed by atoms with Crippen molar-refractivity contribution in [3.63, 3.8) is 0 Å². The van der Waals surface area contributed by atoms with Gasteiger partial charge in [0.25, 0.3) is 0 Å². The third-order valence-corrected chi connectivity index (χ3v) is 20.5. The molecule has 3 heterocycles. The molecule has 7 fully saturated rings. The fourth-order valence-electron chi connectivity index (χ4n) is 15.5. The van der Waals surface area contributed by atoms with Gasteiger partial charge in [-0.3, -0.25) is 4.79 Å². The van der Waals surface area contributed by atoms with E-state index in [1.165, 1.54) is 12.7 Å². The number of ether oxygens (including phenoxy) is 9. The van der Waals surface area contributed by atoms with Crippen LogP contribution in [0.3, 0.4) is 0 Å². The fraction of sp³-hybridized carbons (Fsp3) is 0.900. The molecule has 2 unspecified atom stereocenters. The maximum Gasteiger partial charge on any atom is 1.00 e. The van der Waals surface area contributed by atoms with Crippen LogP contribution in [0.25, 0.3) is 0 Å². The van der Waals surface area contributed by atoms with Crippen molar-refractivity contribution in [1.29, 1.82) is 0 Å². The Morgan fingerprint density at radius 2 is 1.33 bits per heavy atom. The minimum Gasteiger partial charge on any atom is -0.796 e. The molecule has 2 radical (unpaired) electrons. The van der Waals surface area contributed by atoms with Gasteiger partial charge in [-0.2, -0.15) is 6.26 Å². The van der Waals surface area contributed by atoms with Crippen molar-refractivity contribution < 1.29 is 208 Å². The van der Waals surface area contributed by atoms with Gasteiger partial charge in [-0.15, -0.1) is 0 Å². The first-order chi connectivity index (χ1) is 40.4. The zero-order valence-corrected chi connectivity index (χ0v) is 64.5. The van der Waals surface area contributed by atoms with Crippen LogP contribution in [0.15, 0.2) is 11.6 Å². The maximum atomic E-state index is 13.8. The number of rotatable bonds is 16. The van der Waals surface area contributed by atoms with Crippen LogP contribution in [-0.2, 0) is 149 Å². The van der Waals surface area contributed by atoms with Gasteiger partial charge in [-0.1, -0.05) is 71.6 Å². The minimum absolute atomic E-state index is 0. The Bertz CT molecular complexity index is 2160. The number of carbonyl (C=O) groups is 3. The number of carbonyl (C=O) groups excluding carboxylic acids is 1. The van der Waals surface area contributed by atoms with Gasteiger partial charge in [0.1, 0.15) is 73.4 Å². The molecule has 0 amide bonds. The summed E-state index contributed by atoms with van der Waals surface area (Å²) in [6.07, 6.45) is -16.5. The molecule has 8 aliphatic rings. The number of hydrogen-bond donors (Lipinski definition) is 13. The predicted octanol–water partition coefficient (Wildman–Crippen LogP) is 2.11. The topological polar surface area (TPSA) is 397 Å². The van der Waals surface area contributed by atoms with E-state index in [1.54, 1.807) is 34.1 Å². The number of carboxylic acid groups (broad SMARTS) is 2. The van der Waals surface area contributed by atoms with Gasteiger partial charge in [-0.05, 0) is 117 Å². The largest absolute Gasteiger partial charge is 1.00 e. The van der Waals surface area contributed by atoms with Crippen LogP contribution in [0.4, 0.5) is 4.53 Å². The number of methoxy groups -OCH3 is 2. The second-order valence-corrected chi connectivity index (χ2v) is 25.4. The number of carboxylic acids is 2. The third-order valence-electron chi connectivity index (χ3n) is 20.5. The molecule has 0 spiro atoms. The van der Waals surface area contributed by atoms with Crippen molar-refractivity contribution in [2.24, 2.45) is 50.2 Å². The van der Waals surface area contributed by atoms with Gasteiger partial charge in [0.05, 0.1) is 42.9 Å². The van der Waals surface area contributed by atoms with Gasteiger partial charge >= 0.3 is 31.4 Å². The third kappa shape index (κ3) is 19.1. The van der Waals surface area contributed by atoms with Gasteiger partial charge in [-0.25, -0.2) is 10.1 Å². The van der Waals surface area contributed by atoms with Crippen LogP contribution < -0.4 is 0 Å². The standard InChI is InChI=1S/C47H72O19.C8H18O4.C2H6.CH4O.CH4S.CH3.Cd.FHO.Ru.Y/c1-42(2)13-15-47(41(59)60)16-14-45(5)21(22(47)17-42)7-8-26-43(3)11-10-27(44(4,20-49)25(43)9-12-46(26,45)6)63-40-36(66-39-32(55)30(53)29(52)24(18-48)62-39)34(33(56)35(65-40)37(57)58)64-38-31(54)28(51)23(50)19-61-38;1-6(8(9)5-10-3)12-7(2)11-4;3*1-2;;;1-2;;/h7,20,22-36,38-40,48,50-56H,8-19H2,1-6H3,(H,57,58)(H,59,60);6-9H,5H2,1-4H3;1-2H3;2*2H,1H3;1H3;;2H;;/q;;;;;-1;;;+1;/p-1/t22-,23+,24?,25+,26+,27-,28-,29-,30-,31+,32+,33-,34-,35-,36+,38-,39-,40+,43-,44-,45+,46+,47-;6?,7-,8+;;;;;;;;/m00......../s1. The summed E-state index contributed by atoms with van der Waals surface area (Å²) >= 11 is 4.08. The van der Waals surface area contributed by atoms with Crippen molar-refractivity contribution >= 4 is 30.9 Å². The molecule has 0 aromatic heterocycles. The summed E-state index contributed by atoms with van der Waals surface area (Å²) in [4.78, 5) is 39.7. The van der Waals surface area contributed by atoms with Crippen molar-refractivity contribution in [2.75, 3.05) is 47.4 Å². The quantitative estimate of drug-likeness (QED) is 0.0200. The van der Waals surface area contributed by atoms with Gasteiger partial charge in [0.2, 0.25) is 0 Å². The second kappa shape index (κ2) is 39.9. The molecular weight excluding hydrogens is 1470 g/mol. The molecule has 524 valence electrons. The Labute approximate surface area is 594 Å². The first-order valence-electron chi connectivity index (χ1n) is 29.7. The number of hydrogen-bond acceptors (Lipinski definition) is 24. The summed E-state index contributed by atoms with van der Waals surface area (Å²) in [6.45, 7) is 19.7. The molecule has 13 N–H and O–H groups in total. The van der Waals surface area contributed by atoms with Crippen LogP contribution in [-0.4, -0.2) is 243 Å². The smallest absolute Gasteiger partial charge is 0.796 e. The molecule has 3 saturated heterocycles. The van der Waals surface area contributed by atoms with Crippen molar-refractivity contribution in [3.8, 4) is 0 Å². The number of aliphatic hydroxyl groups is 10. The van der Waals surface area contributed by atoms with Crippen LogP contribution >= 0.6 is 0 Å². The van der Waals surface area contributed by atoms with E-state index in [0.29, 0.717) is 32.1 Å². The Hall–Kier alpha value is 0.479. The SMILES string of the molecule is CC.CC1(C)CC[C@]2(C(=O)O)CC[C@]3(C)C(=CC[C@@H]4[C@@]5(C)CC[C@H](O[C@@H]6O[C@H](C(=O)O)[C@@H](O)[C@H](O[C@@H]7OC[C@@H](O)[C@H](O)[C@H]7O)[C@H]6O[C@@H]6OC(CO)[C@H](O)[C@H](O)[C@H]6O)[C@@](C)(C=O)[C@@H]5CC[C@]43C)[C@@H]2C1.CO.COC[C@@H](O)C(C)O[C@@H](C)OC.C[S-].OF.[CH3-].[Cd].[Ru+].[Y]. The van der Waals surface area contributed by atoms with E-state index >= 15 is 0 Å². The molecule has 5 aliphatic carbocycles. The summed E-state index contributed by atoms with van der Waals surface area (Å²) in [5.74, 6) is -2.62. The Morgan fingerprint density at radius 3 is 1.87 bits per heavy atom. The molecule has 26 atom stereocenters. The van der Waals surface area contributed by atoms with E-state index in [-0.39, 0.29) is 146 Å². The number of aliphatic hydroxyl groups excluding tert-OH is 10. The molecule has 90 heavy (non-hydrogen) atoms. The average Bonchev–Trinajstić information content (AvgIpc) is 0.740. The predicted molar refractivity (Wildman–Crippen MR) is 313 cm³/mol. The Balaban J connectivity index is 0. The molecule has 3 aliphatic heterocycles. The monoisotopic (exact) mass is 1580 g/mol. The van der Waals surface area contributed by atoms with Crippen molar-refractivity contribution in [2.45, 2.75) is 244 Å². The number of fused-ring (bicyclic) bond motifs is 7. The summed E-state index contributed by atoms with van der Waals surface area (Å²) in [6, 6.07) is 0. The van der Waals surface area contributed by atoms with E-state index in [0.717, 1.165) is 39.1 Å². The van der Waals surface area contributed by atoms with E-state index in [9.17, 15) is 70.6 Å². The normalized spacial score (nSPS) is 42.0. The van der Waals surface area contributed by atoms with E-state index in [4.69, 9.17) is 57.6 Å². The Morgan fingerprint density at radius 1 is 0.767 bits per heavy atom. The van der Waals surface area contributed by atoms with E-state index in [2.05, 4.69) is 53.3 Å². The van der Waals surface area contributed by atoms with Crippen LogP contribution in [0.1, 0.15) is 133 Å². The van der Waals surface area contributed by atoms with Gasteiger partial charge in [0, 0.05) is 81.3 Å². The fourth-order valence-corrected chi connectivity index (χ4v) is 15.5. The van der Waals surface area contributed by atoms with Gasteiger partial charge < -0.3 is 129 Å². The van der Waals surface area contributed by atoms with Crippen molar-refractivity contribution in [1.82, 2.24) is 0 Å². The van der Waals surface area contributed by atoms with Crippen LogP contribution in [0, 0.1) is 57.7 Å². The zero-order valence-electron chi connectivity index (χ0n) is 55.1. The minimum atomic E-state index is -2.12. The number of halogens is 1. The average molecular weight is 1580 g/mol. The first-order valence-corrected chi connectivity index (χ1v) is 30.5. The summed E-state index contributed by atoms with van der Waals surface area (Å²) < 4.78 is 59.3. The first kappa shape index (κ1) is 92.5. The molecule has 30 heteroatoms. The van der Waals surface area contributed by atoms with Crippen LogP contribution in [0.2, 0.25) is 0 Å². The van der Waals surface area contributed by atoms with Crippen LogP contribution in [0.5, 0.6) is 0 Å². The number of allylic oxidation sites excluding steroid dienone is 2. The van der Waals surface area contributed by atoms with Crippen molar-refractivity contribution in [3.05, 3.63) is 19.1 Å². The molecule has 4 saturated carbocycles. The van der Waals surface area contributed by atoms with E-state index in [1.807, 2.05) is 13.8 Å². The molecule has 8 rings (SSSR count). The summed E-state index contributed by atoms with van der Waals surface area (Å²) in [5.41, 5.74) is -1.72. The molecular formula is C60H107CdFO25RuSY-. The summed E-state index contributed by atoms with van der Waals surface area (Å²) in [5, 5.41) is 128. The molecule has 0 bridgehead atoms. The number of aliphatic carboxylic acids is 2. The second-order valence-electron chi connectivity index (χ2n) is 25.4. The van der Waals surface area contributed by atoms with Gasteiger partial charge in [0.15, 0.2) is 31.3 Å². The van der Waals surface area contributed by atoms with E-state index < -0.39 is 140 Å². The molecule has 0 aromatic carbocycles. The Kier molecular flexibility index (Phi) is 41.0. The molecule has 25 nitrogen and oxygen atoms in total. The summed E-state index contributed by atoms with van der Waals surface area (Å²) in [7, 11) is 4.09. The maximum absolute atomic E-state index is 13.8. The number of aldehydes is 1.